The summed E-state index contributed by atoms with van der Waals surface area (Å²) < 4.78 is 0. The molecule has 0 aromatic heterocycles. The van der Waals surface area contributed by atoms with Crippen LogP contribution >= 0.6 is 0 Å². The Morgan fingerprint density at radius 3 is 1.38 bits per heavy atom. The Bertz CT molecular complexity index is 481. The standard InChI is InChI=1S/C14H16B2/c1-9-7-11(3-5-13(9)15)12-4-6-14(16)10(2)8-12/h3-8H,15-16H2,1-2H3. The van der Waals surface area contributed by atoms with Crippen molar-refractivity contribution in [3.8, 4) is 11.1 Å². The van der Waals surface area contributed by atoms with Crippen molar-refractivity contribution in [2.45, 2.75) is 13.8 Å². The average Bonchev–Trinajstić information content (AvgIpc) is 2.26. The van der Waals surface area contributed by atoms with Gasteiger partial charge in [0.15, 0.2) is 0 Å². The minimum Gasteiger partial charge on any atom is -0.0861 e. The van der Waals surface area contributed by atoms with Gasteiger partial charge in [-0.3, -0.25) is 0 Å². The Morgan fingerprint density at radius 2 is 1.06 bits per heavy atom. The number of hydrogen-bond donors (Lipinski definition) is 0. The van der Waals surface area contributed by atoms with Crippen molar-refractivity contribution in [1.29, 1.82) is 0 Å². The van der Waals surface area contributed by atoms with Gasteiger partial charge in [-0.2, -0.15) is 0 Å². The molecule has 0 saturated carbocycles. The smallest absolute Gasteiger partial charge is 0.0861 e. The van der Waals surface area contributed by atoms with Gasteiger partial charge in [-0.15, -0.1) is 0 Å². The molecule has 0 aliphatic heterocycles. The molecule has 0 fully saturated rings. The minimum atomic E-state index is 1.31. The van der Waals surface area contributed by atoms with Crippen molar-refractivity contribution in [2.24, 2.45) is 0 Å². The molecule has 0 spiro atoms. The highest BCUT2D eigenvalue weighted by Crippen LogP contribution is 2.19. The van der Waals surface area contributed by atoms with Gasteiger partial charge >= 0.3 is 0 Å². The second-order valence-corrected chi connectivity index (χ2v) is 4.60. The van der Waals surface area contributed by atoms with Gasteiger partial charge in [-0.25, -0.2) is 0 Å². The summed E-state index contributed by atoms with van der Waals surface area (Å²) in [5.74, 6) is 0. The van der Waals surface area contributed by atoms with Crippen molar-refractivity contribution in [3.05, 3.63) is 47.5 Å². The van der Waals surface area contributed by atoms with E-state index in [-0.39, 0.29) is 0 Å². The van der Waals surface area contributed by atoms with Gasteiger partial charge in [-0.05, 0) is 25.0 Å². The van der Waals surface area contributed by atoms with E-state index in [0.717, 1.165) is 0 Å². The molecule has 0 atom stereocenters. The molecule has 0 radical (unpaired) electrons. The second-order valence-electron chi connectivity index (χ2n) is 4.60. The lowest BCUT2D eigenvalue weighted by atomic mass is 9.86. The quantitative estimate of drug-likeness (QED) is 0.595. The van der Waals surface area contributed by atoms with Crippen molar-refractivity contribution in [1.82, 2.24) is 0 Å². The fourth-order valence-electron chi connectivity index (χ4n) is 1.84. The van der Waals surface area contributed by atoms with Crippen LogP contribution < -0.4 is 10.9 Å². The molecule has 0 saturated heterocycles. The normalized spacial score (nSPS) is 10.4. The zero-order chi connectivity index (χ0) is 11.7. The van der Waals surface area contributed by atoms with Crippen LogP contribution in [0.3, 0.4) is 0 Å². The maximum absolute atomic E-state index is 2.26. The topological polar surface area (TPSA) is 0 Å². The summed E-state index contributed by atoms with van der Waals surface area (Å²) in [6.07, 6.45) is 0. The summed E-state index contributed by atoms with van der Waals surface area (Å²) in [6.45, 7) is 4.33. The van der Waals surface area contributed by atoms with Crippen LogP contribution in [0.25, 0.3) is 11.1 Å². The summed E-state index contributed by atoms with van der Waals surface area (Å²) in [6, 6.07) is 13.3. The van der Waals surface area contributed by atoms with Crippen molar-refractivity contribution in [3.63, 3.8) is 0 Å². The number of rotatable bonds is 1. The highest BCUT2D eigenvalue weighted by Gasteiger charge is 2.01. The van der Waals surface area contributed by atoms with E-state index in [1.54, 1.807) is 0 Å². The third-order valence-electron chi connectivity index (χ3n) is 3.35. The van der Waals surface area contributed by atoms with E-state index in [4.69, 9.17) is 0 Å². The van der Waals surface area contributed by atoms with Crippen molar-refractivity contribution >= 4 is 26.6 Å². The van der Waals surface area contributed by atoms with Gasteiger partial charge in [0, 0.05) is 0 Å². The molecule has 2 heteroatoms. The van der Waals surface area contributed by atoms with Gasteiger partial charge in [0.05, 0.1) is 0 Å². The Labute approximate surface area is 99.5 Å². The molecule has 78 valence electrons. The van der Waals surface area contributed by atoms with Crippen LogP contribution in [0.2, 0.25) is 0 Å². The zero-order valence-corrected chi connectivity index (χ0v) is 10.5. The number of benzene rings is 2. The molecule has 2 aromatic carbocycles. The average molecular weight is 206 g/mol. The number of aryl methyl sites for hydroxylation is 2. The van der Waals surface area contributed by atoms with Gasteiger partial charge in [0.25, 0.3) is 0 Å². The molecule has 0 unspecified atom stereocenters. The molecule has 0 aliphatic carbocycles. The fraction of sp³-hybridized carbons (Fsp3) is 0.143. The Balaban J connectivity index is 2.50. The summed E-state index contributed by atoms with van der Waals surface area (Å²) in [5, 5.41) is 0. The summed E-state index contributed by atoms with van der Waals surface area (Å²) in [5.41, 5.74) is 8.05. The number of hydrogen-bond acceptors (Lipinski definition) is 0. The van der Waals surface area contributed by atoms with Crippen LogP contribution in [0.15, 0.2) is 36.4 Å². The van der Waals surface area contributed by atoms with E-state index in [9.17, 15) is 0 Å². The van der Waals surface area contributed by atoms with E-state index in [1.165, 1.54) is 33.2 Å². The zero-order valence-electron chi connectivity index (χ0n) is 10.5. The molecular formula is C14H16B2. The molecule has 0 bridgehead atoms. The highest BCUT2D eigenvalue weighted by atomic mass is 14.0. The lowest BCUT2D eigenvalue weighted by Crippen LogP contribution is -2.07. The summed E-state index contributed by atoms with van der Waals surface area (Å²) in [7, 11) is 4.30. The summed E-state index contributed by atoms with van der Waals surface area (Å²) in [4.78, 5) is 0. The molecule has 2 rings (SSSR count). The van der Waals surface area contributed by atoms with Crippen molar-refractivity contribution < 1.29 is 0 Å². The second kappa shape index (κ2) is 4.21. The first-order chi connectivity index (χ1) is 7.58. The van der Waals surface area contributed by atoms with Crippen LogP contribution in [0, 0.1) is 13.8 Å². The monoisotopic (exact) mass is 206 g/mol. The van der Waals surface area contributed by atoms with Crippen LogP contribution in [-0.4, -0.2) is 15.7 Å². The highest BCUT2D eigenvalue weighted by molar-refractivity contribution is 6.33. The molecular weight excluding hydrogens is 190 g/mol. The molecule has 0 aliphatic rings. The maximum atomic E-state index is 2.26. The third kappa shape index (κ3) is 2.06. The molecule has 0 heterocycles. The Hall–Kier alpha value is -1.43. The molecule has 16 heavy (non-hydrogen) atoms. The first-order valence-electron chi connectivity index (χ1n) is 5.73. The van der Waals surface area contributed by atoms with E-state index in [2.05, 4.69) is 65.9 Å². The van der Waals surface area contributed by atoms with Gasteiger partial charge in [0.1, 0.15) is 15.7 Å². The van der Waals surface area contributed by atoms with Crippen LogP contribution in [0.4, 0.5) is 0 Å². The first-order valence-corrected chi connectivity index (χ1v) is 5.73. The van der Waals surface area contributed by atoms with E-state index in [0.29, 0.717) is 0 Å². The molecule has 2 aromatic rings. The summed E-state index contributed by atoms with van der Waals surface area (Å²) >= 11 is 0. The van der Waals surface area contributed by atoms with Gasteiger partial charge in [0.2, 0.25) is 0 Å². The minimum absolute atomic E-state index is 1.31. The van der Waals surface area contributed by atoms with Crippen molar-refractivity contribution in [2.75, 3.05) is 0 Å². The van der Waals surface area contributed by atoms with Crippen LogP contribution in [-0.2, 0) is 0 Å². The molecule has 0 N–H and O–H groups in total. The molecule has 0 amide bonds. The van der Waals surface area contributed by atoms with Crippen LogP contribution in [0.1, 0.15) is 11.1 Å². The van der Waals surface area contributed by atoms with E-state index in [1.807, 2.05) is 0 Å². The van der Waals surface area contributed by atoms with Gasteiger partial charge < -0.3 is 0 Å². The SMILES string of the molecule is Bc1ccc(-c2ccc(B)c(C)c2)cc1C. The Morgan fingerprint density at radius 1 is 0.688 bits per heavy atom. The molecule has 0 nitrogen and oxygen atoms in total. The predicted molar refractivity (Wildman–Crippen MR) is 77.7 cm³/mol. The first kappa shape index (κ1) is 11.1. The third-order valence-corrected chi connectivity index (χ3v) is 3.35. The van der Waals surface area contributed by atoms with E-state index < -0.39 is 0 Å². The fourth-order valence-corrected chi connectivity index (χ4v) is 1.84. The van der Waals surface area contributed by atoms with E-state index >= 15 is 0 Å². The largest absolute Gasteiger partial charge is 0.139 e. The predicted octanol–water partition coefficient (Wildman–Crippen LogP) is 0.487. The van der Waals surface area contributed by atoms with Crippen LogP contribution in [0.5, 0.6) is 0 Å². The maximum Gasteiger partial charge on any atom is 0.139 e. The lowest BCUT2D eigenvalue weighted by Gasteiger charge is -2.08. The van der Waals surface area contributed by atoms with Gasteiger partial charge in [-0.1, -0.05) is 58.5 Å². The Kier molecular flexibility index (Phi) is 2.91. The lowest BCUT2D eigenvalue weighted by molar-refractivity contribution is 1.48.